The third-order valence-electron chi connectivity index (χ3n) is 6.97. The van der Waals surface area contributed by atoms with Crippen molar-refractivity contribution in [2.75, 3.05) is 0 Å². The molecule has 27 heavy (non-hydrogen) atoms. The summed E-state index contributed by atoms with van der Waals surface area (Å²) in [5.74, 6) is 1.90. The molecule has 0 N–H and O–H groups in total. The number of fused-ring (bicyclic) bond motifs is 2. The maximum absolute atomic E-state index is 2.63. The zero-order valence-electron chi connectivity index (χ0n) is 15.3. The molecule has 3 aromatic rings. The van der Waals surface area contributed by atoms with E-state index in [2.05, 4.69) is 103 Å². The minimum absolute atomic E-state index is 0.194. The van der Waals surface area contributed by atoms with Crippen molar-refractivity contribution in [3.8, 4) is 0 Å². The van der Waals surface area contributed by atoms with Crippen LogP contribution in [0.5, 0.6) is 0 Å². The molecule has 0 spiro atoms. The van der Waals surface area contributed by atoms with Gasteiger partial charge in [-0.1, -0.05) is 103 Å². The van der Waals surface area contributed by atoms with Gasteiger partial charge in [0.15, 0.2) is 0 Å². The highest BCUT2D eigenvalue weighted by Gasteiger charge is 2.67. The Morgan fingerprint density at radius 1 is 0.630 bits per heavy atom. The van der Waals surface area contributed by atoms with Gasteiger partial charge in [-0.25, -0.2) is 0 Å². The van der Waals surface area contributed by atoms with Crippen molar-refractivity contribution in [1.29, 1.82) is 0 Å². The maximum atomic E-state index is 2.63. The molecule has 1 fully saturated rings. The van der Waals surface area contributed by atoms with Crippen molar-refractivity contribution in [2.45, 2.75) is 11.8 Å². The summed E-state index contributed by atoms with van der Waals surface area (Å²) in [6, 6.07) is 33.2. The predicted octanol–water partition coefficient (Wildman–Crippen LogP) is 6.37. The normalized spacial score (nSPS) is 30.3. The monoisotopic (exact) mass is 346 g/mol. The standard InChI is InChI=1S/C27H22/c1-4-10-19(11-5-1)22-16-25-26-17-23(22)24(20-12-6-2-7-13-20)18-27(25,26)21-14-8-3-9-15-21/h1-16,18,23,25-26H,17H2. The van der Waals surface area contributed by atoms with Crippen LogP contribution in [0.25, 0.3) is 11.1 Å². The Morgan fingerprint density at radius 3 is 1.81 bits per heavy atom. The molecule has 3 aliphatic rings. The second-order valence-electron chi connectivity index (χ2n) is 8.17. The van der Waals surface area contributed by atoms with Gasteiger partial charge in [0.2, 0.25) is 0 Å². The molecule has 3 aliphatic carbocycles. The van der Waals surface area contributed by atoms with E-state index in [1.807, 2.05) is 0 Å². The first kappa shape index (κ1) is 15.2. The van der Waals surface area contributed by atoms with E-state index in [0.29, 0.717) is 11.8 Å². The van der Waals surface area contributed by atoms with E-state index in [4.69, 9.17) is 0 Å². The van der Waals surface area contributed by atoms with Crippen molar-refractivity contribution in [2.24, 2.45) is 17.8 Å². The molecule has 130 valence electrons. The minimum Gasteiger partial charge on any atom is -0.0754 e. The highest BCUT2D eigenvalue weighted by Crippen LogP contribution is 2.72. The Kier molecular flexibility index (Phi) is 3.14. The van der Waals surface area contributed by atoms with Gasteiger partial charge in [0.1, 0.15) is 0 Å². The van der Waals surface area contributed by atoms with Crippen molar-refractivity contribution in [3.63, 3.8) is 0 Å². The summed E-state index contributed by atoms with van der Waals surface area (Å²) in [6.07, 6.45) is 6.50. The molecule has 0 amide bonds. The number of benzene rings is 3. The Balaban J connectivity index is 1.57. The Hall–Kier alpha value is -2.86. The lowest BCUT2D eigenvalue weighted by Gasteiger charge is -2.31. The average Bonchev–Trinajstić information content (AvgIpc) is 3.46. The third kappa shape index (κ3) is 2.10. The minimum atomic E-state index is 0.194. The molecule has 0 aliphatic heterocycles. The summed E-state index contributed by atoms with van der Waals surface area (Å²) in [7, 11) is 0. The molecular weight excluding hydrogens is 324 g/mol. The van der Waals surface area contributed by atoms with Crippen molar-refractivity contribution < 1.29 is 0 Å². The molecule has 0 radical (unpaired) electrons. The predicted molar refractivity (Wildman–Crippen MR) is 112 cm³/mol. The molecule has 6 rings (SSSR count). The SMILES string of the molecule is C1=C(c2ccccc2)C2CC3C1C3(c1ccccc1)C=C2c1ccccc1. The van der Waals surface area contributed by atoms with E-state index >= 15 is 0 Å². The first-order valence-electron chi connectivity index (χ1n) is 9.99. The van der Waals surface area contributed by atoms with Gasteiger partial charge in [-0.15, -0.1) is 0 Å². The summed E-state index contributed by atoms with van der Waals surface area (Å²) in [6.45, 7) is 0. The van der Waals surface area contributed by atoms with Gasteiger partial charge >= 0.3 is 0 Å². The molecule has 2 bridgehead atoms. The quantitative estimate of drug-likeness (QED) is 0.517. The fraction of sp³-hybridized carbons (Fsp3) is 0.185. The lowest BCUT2D eigenvalue weighted by atomic mass is 9.73. The molecule has 1 saturated carbocycles. The molecule has 4 unspecified atom stereocenters. The van der Waals surface area contributed by atoms with Gasteiger partial charge in [-0.05, 0) is 46.1 Å². The van der Waals surface area contributed by atoms with Crippen LogP contribution in [-0.4, -0.2) is 0 Å². The summed E-state index contributed by atoms with van der Waals surface area (Å²) < 4.78 is 0. The van der Waals surface area contributed by atoms with Crippen LogP contribution < -0.4 is 0 Å². The molecule has 0 nitrogen and oxygen atoms in total. The van der Waals surface area contributed by atoms with Crippen molar-refractivity contribution in [3.05, 3.63) is 120 Å². The number of allylic oxidation sites excluding steroid dienone is 4. The van der Waals surface area contributed by atoms with Crippen molar-refractivity contribution >= 4 is 11.1 Å². The Bertz CT molecular complexity index is 1040. The van der Waals surface area contributed by atoms with Crippen LogP contribution in [0.3, 0.4) is 0 Å². The molecule has 0 aromatic heterocycles. The van der Waals surface area contributed by atoms with Gasteiger partial charge in [-0.3, -0.25) is 0 Å². The second-order valence-corrected chi connectivity index (χ2v) is 8.17. The lowest BCUT2D eigenvalue weighted by Crippen LogP contribution is -2.19. The summed E-state index contributed by atoms with van der Waals surface area (Å²) in [5, 5.41) is 0. The van der Waals surface area contributed by atoms with Crippen molar-refractivity contribution in [1.82, 2.24) is 0 Å². The fourth-order valence-corrected chi connectivity index (χ4v) is 5.71. The van der Waals surface area contributed by atoms with E-state index in [1.54, 1.807) is 0 Å². The molecule has 0 heteroatoms. The zero-order chi connectivity index (χ0) is 17.8. The lowest BCUT2D eigenvalue weighted by molar-refractivity contribution is 0.571. The summed E-state index contributed by atoms with van der Waals surface area (Å²) >= 11 is 0. The molecule has 0 saturated heterocycles. The largest absolute Gasteiger partial charge is 0.0754 e. The van der Waals surface area contributed by atoms with Gasteiger partial charge in [0.05, 0.1) is 0 Å². The average molecular weight is 346 g/mol. The first-order chi connectivity index (χ1) is 13.4. The third-order valence-corrected chi connectivity index (χ3v) is 6.97. The van der Waals surface area contributed by atoms with E-state index in [1.165, 1.54) is 34.3 Å². The van der Waals surface area contributed by atoms with Gasteiger partial charge < -0.3 is 0 Å². The first-order valence-corrected chi connectivity index (χ1v) is 9.99. The van der Waals surface area contributed by atoms with E-state index < -0.39 is 0 Å². The van der Waals surface area contributed by atoms with Crippen LogP contribution in [0.2, 0.25) is 0 Å². The molecule has 0 heterocycles. The second kappa shape index (κ2) is 5.57. The zero-order valence-corrected chi connectivity index (χ0v) is 15.3. The maximum Gasteiger partial charge on any atom is 0.0239 e. The number of rotatable bonds is 3. The fourth-order valence-electron chi connectivity index (χ4n) is 5.71. The van der Waals surface area contributed by atoms with Gasteiger partial charge in [0.25, 0.3) is 0 Å². The van der Waals surface area contributed by atoms with Crippen LogP contribution in [0.15, 0.2) is 103 Å². The highest BCUT2D eigenvalue weighted by molar-refractivity contribution is 5.88. The van der Waals surface area contributed by atoms with E-state index in [9.17, 15) is 0 Å². The Morgan fingerprint density at radius 2 is 1.19 bits per heavy atom. The van der Waals surface area contributed by atoms with Crippen LogP contribution in [-0.2, 0) is 5.41 Å². The number of hydrogen-bond acceptors (Lipinski definition) is 0. The van der Waals surface area contributed by atoms with E-state index in [-0.39, 0.29) is 5.41 Å². The highest BCUT2D eigenvalue weighted by atomic mass is 14.7. The van der Waals surface area contributed by atoms with Gasteiger partial charge in [0, 0.05) is 11.3 Å². The number of hydrogen-bond donors (Lipinski definition) is 0. The van der Waals surface area contributed by atoms with Crippen LogP contribution >= 0.6 is 0 Å². The topological polar surface area (TPSA) is 0 Å². The smallest absolute Gasteiger partial charge is 0.0239 e. The summed E-state index contributed by atoms with van der Waals surface area (Å²) in [4.78, 5) is 0. The van der Waals surface area contributed by atoms with Gasteiger partial charge in [-0.2, -0.15) is 0 Å². The molecule has 4 atom stereocenters. The summed E-state index contributed by atoms with van der Waals surface area (Å²) in [5.41, 5.74) is 7.49. The van der Waals surface area contributed by atoms with Crippen LogP contribution in [0, 0.1) is 17.8 Å². The van der Waals surface area contributed by atoms with Crippen LogP contribution in [0.1, 0.15) is 23.1 Å². The van der Waals surface area contributed by atoms with E-state index in [0.717, 1.165) is 5.92 Å². The Labute approximate surface area is 160 Å². The van der Waals surface area contributed by atoms with Crippen LogP contribution in [0.4, 0.5) is 0 Å². The molecule has 3 aromatic carbocycles. The molecular formula is C27H22.